The van der Waals surface area contributed by atoms with Crippen molar-refractivity contribution in [2.45, 2.75) is 13.5 Å². The van der Waals surface area contributed by atoms with Crippen molar-refractivity contribution >= 4 is 22.9 Å². The quantitative estimate of drug-likeness (QED) is 0.823. The van der Waals surface area contributed by atoms with Crippen LogP contribution in [0.5, 0.6) is 11.5 Å². The van der Waals surface area contributed by atoms with Crippen molar-refractivity contribution in [2.24, 2.45) is 0 Å². The highest BCUT2D eigenvalue weighted by atomic mass is 32.2. The smallest absolute Gasteiger partial charge is 0.282 e. The van der Waals surface area contributed by atoms with Crippen molar-refractivity contribution in [3.05, 3.63) is 23.8 Å². The summed E-state index contributed by atoms with van der Waals surface area (Å²) >= 11 is 1.27. The van der Waals surface area contributed by atoms with Crippen LogP contribution >= 0.6 is 11.8 Å². The van der Waals surface area contributed by atoms with E-state index in [1.165, 1.54) is 11.8 Å². The lowest BCUT2D eigenvalue weighted by atomic mass is 10.1. The molecule has 0 N–H and O–H groups in total. The molecule has 0 saturated carbocycles. The van der Waals surface area contributed by atoms with Gasteiger partial charge in [-0.25, -0.2) is 0 Å². The lowest BCUT2D eigenvalue weighted by molar-refractivity contribution is -0.132. The lowest BCUT2D eigenvalue weighted by Crippen LogP contribution is -2.40. The van der Waals surface area contributed by atoms with Gasteiger partial charge in [0.05, 0.1) is 0 Å². The highest BCUT2D eigenvalue weighted by molar-refractivity contribution is 8.13. The van der Waals surface area contributed by atoms with E-state index < -0.39 is 0 Å². The minimum Gasteiger partial charge on any atom is -0.486 e. The molecule has 0 atom stereocenters. The number of benzene rings is 1. The van der Waals surface area contributed by atoms with Gasteiger partial charge in [-0.15, -0.1) is 0 Å². The molecule has 0 spiro atoms. The summed E-state index contributed by atoms with van der Waals surface area (Å²) in [5, 5.41) is -0.00580. The maximum atomic E-state index is 12.4. The fourth-order valence-corrected chi connectivity index (χ4v) is 3.44. The third-order valence-electron chi connectivity index (χ3n) is 3.89. The summed E-state index contributed by atoms with van der Waals surface area (Å²) in [5.74, 6) is 2.20. The van der Waals surface area contributed by atoms with E-state index in [2.05, 4.69) is 0 Å². The highest BCUT2D eigenvalue weighted by Gasteiger charge is 2.25. The van der Waals surface area contributed by atoms with Crippen molar-refractivity contribution in [2.75, 3.05) is 38.6 Å². The van der Waals surface area contributed by atoms with Crippen LogP contribution in [0.2, 0.25) is 0 Å². The molecular weight excluding hydrogens is 316 g/mol. The normalized spacial score (nSPS) is 16.6. The minimum absolute atomic E-state index is 0.00580. The molecule has 0 unspecified atom stereocenters. The number of amides is 2. The van der Waals surface area contributed by atoms with Crippen molar-refractivity contribution < 1.29 is 19.1 Å². The molecule has 124 valence electrons. The zero-order valence-electron chi connectivity index (χ0n) is 13.1. The first kappa shape index (κ1) is 16.0. The minimum atomic E-state index is -0.0294. The predicted octanol–water partition coefficient (Wildman–Crippen LogP) is 1.98. The van der Waals surface area contributed by atoms with E-state index in [1.54, 1.807) is 9.80 Å². The Morgan fingerprint density at radius 3 is 2.78 bits per heavy atom. The van der Waals surface area contributed by atoms with Gasteiger partial charge in [0.1, 0.15) is 19.8 Å². The molecule has 2 heterocycles. The molecule has 1 aromatic carbocycles. The maximum Gasteiger partial charge on any atom is 0.282 e. The first-order valence-corrected chi connectivity index (χ1v) is 8.74. The predicted molar refractivity (Wildman–Crippen MR) is 88.0 cm³/mol. The maximum absolute atomic E-state index is 12.4. The van der Waals surface area contributed by atoms with Crippen molar-refractivity contribution in [3.8, 4) is 11.5 Å². The highest BCUT2D eigenvalue weighted by Crippen LogP contribution is 2.31. The molecule has 0 bridgehead atoms. The molecule has 2 aliphatic rings. The Morgan fingerprint density at radius 1 is 1.30 bits per heavy atom. The van der Waals surface area contributed by atoms with Crippen LogP contribution in [0.1, 0.15) is 12.5 Å². The molecule has 2 amide bonds. The summed E-state index contributed by atoms with van der Waals surface area (Å²) in [5.41, 5.74) is 0.992. The van der Waals surface area contributed by atoms with Gasteiger partial charge in [0.2, 0.25) is 5.91 Å². The number of fused-ring (bicyclic) bond motifs is 1. The van der Waals surface area contributed by atoms with Crippen molar-refractivity contribution in [1.29, 1.82) is 0 Å². The second-order valence-electron chi connectivity index (χ2n) is 5.42. The van der Waals surface area contributed by atoms with Gasteiger partial charge in [0.25, 0.3) is 5.24 Å². The van der Waals surface area contributed by atoms with Gasteiger partial charge in [-0.2, -0.15) is 0 Å². The lowest BCUT2D eigenvalue weighted by Gasteiger charge is -2.25. The molecule has 0 radical (unpaired) electrons. The molecule has 23 heavy (non-hydrogen) atoms. The average molecular weight is 336 g/mol. The van der Waals surface area contributed by atoms with E-state index in [0.29, 0.717) is 32.8 Å². The number of carbonyl (C=O) groups excluding carboxylic acids is 2. The summed E-state index contributed by atoms with van der Waals surface area (Å²) in [6.45, 7) is 4.95. The van der Waals surface area contributed by atoms with Crippen LogP contribution in [-0.4, -0.2) is 59.5 Å². The third kappa shape index (κ3) is 3.72. The Balaban J connectivity index is 1.64. The van der Waals surface area contributed by atoms with Gasteiger partial charge < -0.3 is 19.3 Å². The monoisotopic (exact) mass is 336 g/mol. The van der Waals surface area contributed by atoms with Crippen molar-refractivity contribution in [3.63, 3.8) is 0 Å². The van der Waals surface area contributed by atoms with Gasteiger partial charge in [-0.05, 0) is 24.6 Å². The first-order valence-electron chi connectivity index (χ1n) is 7.75. The van der Waals surface area contributed by atoms with Crippen LogP contribution in [0.15, 0.2) is 18.2 Å². The van der Waals surface area contributed by atoms with Gasteiger partial charge in [0, 0.05) is 25.4 Å². The van der Waals surface area contributed by atoms with E-state index >= 15 is 0 Å². The molecule has 0 aromatic heterocycles. The van der Waals surface area contributed by atoms with Gasteiger partial charge >= 0.3 is 0 Å². The van der Waals surface area contributed by atoms with E-state index in [-0.39, 0.29) is 17.7 Å². The summed E-state index contributed by atoms with van der Waals surface area (Å²) in [4.78, 5) is 27.4. The zero-order valence-corrected chi connectivity index (χ0v) is 13.9. The number of hydrogen-bond donors (Lipinski definition) is 0. The molecule has 1 aromatic rings. The number of rotatable bonds is 5. The molecule has 1 fully saturated rings. The van der Waals surface area contributed by atoms with E-state index in [4.69, 9.17) is 9.47 Å². The van der Waals surface area contributed by atoms with Crippen LogP contribution in [0.4, 0.5) is 4.79 Å². The molecular formula is C16H20N2O4S. The Morgan fingerprint density at radius 2 is 2.09 bits per heavy atom. The van der Waals surface area contributed by atoms with Gasteiger partial charge in [0.15, 0.2) is 11.5 Å². The zero-order chi connectivity index (χ0) is 16.2. The summed E-state index contributed by atoms with van der Waals surface area (Å²) in [6, 6.07) is 5.74. The molecule has 0 aliphatic carbocycles. The van der Waals surface area contributed by atoms with Crippen LogP contribution < -0.4 is 9.47 Å². The molecule has 6 nitrogen and oxygen atoms in total. The largest absolute Gasteiger partial charge is 0.486 e. The van der Waals surface area contributed by atoms with Gasteiger partial charge in [-0.3, -0.25) is 9.59 Å². The summed E-state index contributed by atoms with van der Waals surface area (Å²) in [7, 11) is 0. The van der Waals surface area contributed by atoms with Crippen LogP contribution in [0, 0.1) is 0 Å². The molecule has 3 rings (SSSR count). The average Bonchev–Trinajstić information content (AvgIpc) is 2.97. The Kier molecular flexibility index (Phi) is 4.95. The standard InChI is InChI=1S/C16H20N2O4S/c1-2-17(15(19)11-18-5-8-23-16(18)20)10-12-3-4-13-14(9-12)22-7-6-21-13/h3-4,9H,2,5-8,10-11H2,1H3. The van der Waals surface area contributed by atoms with Crippen LogP contribution in [-0.2, 0) is 11.3 Å². The number of ether oxygens (including phenoxy) is 2. The number of carbonyl (C=O) groups is 2. The fourth-order valence-electron chi connectivity index (χ4n) is 2.62. The van der Waals surface area contributed by atoms with E-state index in [9.17, 15) is 9.59 Å². The van der Waals surface area contributed by atoms with Gasteiger partial charge in [-0.1, -0.05) is 17.8 Å². The SMILES string of the molecule is CCN(Cc1ccc2c(c1)OCCO2)C(=O)CN1CCSC1=O. The number of likely N-dealkylation sites (N-methyl/N-ethyl adjacent to an activating group) is 1. The van der Waals surface area contributed by atoms with Crippen LogP contribution in [0.3, 0.4) is 0 Å². The number of thioether (sulfide) groups is 1. The second-order valence-corrected chi connectivity index (χ2v) is 6.47. The van der Waals surface area contributed by atoms with E-state index in [1.807, 2.05) is 25.1 Å². The van der Waals surface area contributed by atoms with Crippen molar-refractivity contribution in [1.82, 2.24) is 9.80 Å². The summed E-state index contributed by atoms with van der Waals surface area (Å²) < 4.78 is 11.1. The Labute approximate surface area is 139 Å². The molecule has 1 saturated heterocycles. The van der Waals surface area contributed by atoms with E-state index in [0.717, 1.165) is 22.8 Å². The summed E-state index contributed by atoms with van der Waals surface area (Å²) in [6.07, 6.45) is 0. The first-order chi connectivity index (χ1) is 11.2. The molecule has 2 aliphatic heterocycles. The fraction of sp³-hybridized carbons (Fsp3) is 0.500. The Bertz CT molecular complexity index is 608. The number of nitrogens with zero attached hydrogens (tertiary/aromatic N) is 2. The third-order valence-corrected chi connectivity index (χ3v) is 4.78. The van der Waals surface area contributed by atoms with Crippen LogP contribution in [0.25, 0.3) is 0 Å². The molecule has 7 heteroatoms. The number of hydrogen-bond acceptors (Lipinski definition) is 5. The topological polar surface area (TPSA) is 59.1 Å². The Hall–Kier alpha value is -1.89. The second kappa shape index (κ2) is 7.12.